The Morgan fingerprint density at radius 1 is 1.05 bits per heavy atom. The Morgan fingerprint density at radius 3 is 2.42 bits per heavy atom. The van der Waals surface area contributed by atoms with Gasteiger partial charge in [0, 0.05) is 0 Å². The maximum atomic E-state index is 12.3. The minimum absolute atomic E-state index is 0.0994. The summed E-state index contributed by atoms with van der Waals surface area (Å²) in [5.74, 6) is -0.266. The largest absolute Gasteiger partial charge is 0.483 e. The van der Waals surface area contributed by atoms with Crippen LogP contribution in [0.3, 0.4) is 0 Å². The molecule has 0 aromatic carbocycles. The number of hydrogen-bond donors (Lipinski definition) is 9. The van der Waals surface area contributed by atoms with E-state index in [0.29, 0.717) is 0 Å². The summed E-state index contributed by atoms with van der Waals surface area (Å²) in [4.78, 5) is 41.7. The molecule has 0 amide bonds. The van der Waals surface area contributed by atoms with Gasteiger partial charge in [-0.3, -0.25) is 23.4 Å². The molecule has 20 nitrogen and oxygen atoms in total. The summed E-state index contributed by atoms with van der Waals surface area (Å²) < 4.78 is 49.3. The molecule has 0 bridgehead atoms. The maximum Gasteiger partial charge on any atom is 0.483 e. The molecule has 38 heavy (non-hydrogen) atoms. The zero-order valence-electron chi connectivity index (χ0n) is 19.2. The smallest absolute Gasteiger partial charge is 0.388 e. The van der Waals surface area contributed by atoms with Gasteiger partial charge in [-0.15, -0.1) is 0 Å². The van der Waals surface area contributed by atoms with Crippen molar-refractivity contribution < 1.29 is 67.3 Å². The Hall–Kier alpha value is -1.87. The van der Waals surface area contributed by atoms with Crippen LogP contribution in [0, 0.1) is 0 Å². The molecular formula is C16H25N5O15P2. The molecule has 4 rings (SSSR count). The lowest BCUT2D eigenvalue weighted by Crippen LogP contribution is -2.57. The number of fused-ring (bicyclic) bond motifs is 1. The second-order valence-corrected chi connectivity index (χ2v) is 11.4. The molecule has 0 spiro atoms. The Kier molecular flexibility index (Phi) is 8.12. The van der Waals surface area contributed by atoms with Gasteiger partial charge >= 0.3 is 15.6 Å². The van der Waals surface area contributed by atoms with E-state index < -0.39 is 83.1 Å². The molecule has 0 aliphatic carbocycles. The topological polar surface area (TPSA) is 311 Å². The number of nitrogen functional groups attached to an aromatic ring is 1. The van der Waals surface area contributed by atoms with Gasteiger partial charge in [-0.1, -0.05) is 0 Å². The maximum absolute atomic E-state index is 12.3. The molecule has 2 aliphatic heterocycles. The van der Waals surface area contributed by atoms with Crippen LogP contribution in [0.5, 0.6) is 0 Å². The average Bonchev–Trinajstić information content (AvgIpc) is 3.35. The number of aliphatic hydroxyl groups is 5. The number of H-pyrrole nitrogens is 1. The number of anilines is 1. The number of nitrogens with two attached hydrogens (primary N) is 1. The van der Waals surface area contributed by atoms with Crippen LogP contribution in [0.1, 0.15) is 13.2 Å². The molecule has 2 aromatic rings. The highest BCUT2D eigenvalue weighted by Gasteiger charge is 2.49. The van der Waals surface area contributed by atoms with E-state index in [1.54, 1.807) is 0 Å². The molecule has 2 saturated heterocycles. The summed E-state index contributed by atoms with van der Waals surface area (Å²) in [7, 11) is -10.9. The first-order valence-corrected chi connectivity index (χ1v) is 13.7. The fourth-order valence-corrected chi connectivity index (χ4v) is 5.96. The van der Waals surface area contributed by atoms with E-state index in [4.69, 9.17) is 15.2 Å². The van der Waals surface area contributed by atoms with Crippen LogP contribution in [0.15, 0.2) is 11.1 Å². The number of phosphoric acid groups is 2. The fraction of sp³-hybridized carbons (Fsp3) is 0.688. The van der Waals surface area contributed by atoms with Crippen LogP contribution in [0.4, 0.5) is 5.95 Å². The number of aromatic nitrogens is 4. The minimum atomic E-state index is -5.50. The van der Waals surface area contributed by atoms with Crippen molar-refractivity contribution in [2.75, 3.05) is 12.3 Å². The van der Waals surface area contributed by atoms with E-state index >= 15 is 0 Å². The van der Waals surface area contributed by atoms with E-state index in [2.05, 4.69) is 28.3 Å². The van der Waals surface area contributed by atoms with Gasteiger partial charge in [0.15, 0.2) is 23.7 Å². The lowest BCUT2D eigenvalue weighted by molar-refractivity contribution is -0.271. The number of rotatable bonds is 8. The predicted molar refractivity (Wildman–Crippen MR) is 119 cm³/mol. The Bertz CT molecular complexity index is 1320. The van der Waals surface area contributed by atoms with Gasteiger partial charge in [-0.05, 0) is 6.92 Å². The number of aromatic amines is 1. The second-order valence-electron chi connectivity index (χ2n) is 8.42. The molecule has 2 aromatic heterocycles. The summed E-state index contributed by atoms with van der Waals surface area (Å²) in [6.07, 6.45) is -13.8. The Labute approximate surface area is 211 Å². The first kappa shape index (κ1) is 29.1. The summed E-state index contributed by atoms with van der Waals surface area (Å²) in [5.41, 5.74) is 4.59. The second kappa shape index (κ2) is 10.6. The molecular weight excluding hydrogens is 564 g/mol. The van der Waals surface area contributed by atoms with Crippen molar-refractivity contribution in [3.05, 3.63) is 16.7 Å². The lowest BCUT2D eigenvalue weighted by atomic mass is 10.0. The highest BCUT2D eigenvalue weighted by atomic mass is 31.3. The van der Waals surface area contributed by atoms with Crippen molar-refractivity contribution in [1.82, 2.24) is 19.5 Å². The molecule has 22 heteroatoms. The zero-order chi connectivity index (χ0) is 28.2. The highest BCUT2D eigenvalue weighted by molar-refractivity contribution is 7.61. The minimum Gasteiger partial charge on any atom is -0.388 e. The van der Waals surface area contributed by atoms with Crippen molar-refractivity contribution in [1.29, 1.82) is 0 Å². The molecule has 2 fully saturated rings. The van der Waals surface area contributed by atoms with Gasteiger partial charge in [-0.25, -0.2) is 14.1 Å². The van der Waals surface area contributed by atoms with Gasteiger partial charge in [0.1, 0.15) is 36.6 Å². The van der Waals surface area contributed by atoms with Crippen molar-refractivity contribution in [3.8, 4) is 0 Å². The first-order chi connectivity index (χ1) is 17.6. The Balaban J connectivity index is 1.39. The third-order valence-corrected chi connectivity index (χ3v) is 8.32. The molecule has 11 atom stereocenters. The highest BCUT2D eigenvalue weighted by Crippen LogP contribution is 2.61. The summed E-state index contributed by atoms with van der Waals surface area (Å²) in [5, 5.41) is 50.0. The van der Waals surface area contributed by atoms with E-state index in [1.165, 1.54) is 6.92 Å². The quantitative estimate of drug-likeness (QED) is 0.134. The normalized spacial score (nSPS) is 37.2. The number of imidazole rings is 1. The number of hydrogen-bond acceptors (Lipinski definition) is 16. The van der Waals surface area contributed by atoms with Gasteiger partial charge < -0.3 is 50.5 Å². The molecule has 4 heterocycles. The molecule has 214 valence electrons. The SMILES string of the molecule is C[C@@H]1O[C@@H](OP(=O)(O)OP(=O)(O)OC[C@H]2O[C@@H](n3cnc4c(=O)[nH]c(N)nc43)[C@H](O)[C@@H]2O)[C@@H](O)[C@H](O)[C@@H]1O. The van der Waals surface area contributed by atoms with Crippen molar-refractivity contribution in [3.63, 3.8) is 0 Å². The van der Waals surface area contributed by atoms with E-state index in [9.17, 15) is 49.2 Å². The lowest BCUT2D eigenvalue weighted by Gasteiger charge is -2.38. The monoisotopic (exact) mass is 589 g/mol. The predicted octanol–water partition coefficient (Wildman–Crippen LogP) is -3.60. The summed E-state index contributed by atoms with van der Waals surface area (Å²) in [6, 6.07) is 0. The zero-order valence-corrected chi connectivity index (χ0v) is 21.0. The van der Waals surface area contributed by atoms with Crippen LogP contribution in [0.2, 0.25) is 0 Å². The van der Waals surface area contributed by atoms with Crippen LogP contribution in [0.25, 0.3) is 11.2 Å². The number of nitrogens with zero attached hydrogens (tertiary/aromatic N) is 3. The average molecular weight is 589 g/mol. The van der Waals surface area contributed by atoms with Crippen LogP contribution in [-0.4, -0.2) is 110 Å². The molecule has 0 saturated carbocycles. The van der Waals surface area contributed by atoms with E-state index in [-0.39, 0.29) is 17.1 Å². The fourth-order valence-electron chi connectivity index (χ4n) is 3.80. The summed E-state index contributed by atoms with van der Waals surface area (Å²) >= 11 is 0. The third-order valence-electron chi connectivity index (χ3n) is 5.72. The van der Waals surface area contributed by atoms with Crippen LogP contribution in [-0.2, 0) is 32.0 Å². The van der Waals surface area contributed by atoms with Crippen LogP contribution < -0.4 is 11.3 Å². The van der Waals surface area contributed by atoms with Gasteiger partial charge in [0.05, 0.1) is 19.0 Å². The number of ether oxygens (including phenoxy) is 2. The summed E-state index contributed by atoms with van der Waals surface area (Å²) in [6.45, 7) is 0.291. The molecule has 0 radical (unpaired) electrons. The third kappa shape index (κ3) is 5.83. The van der Waals surface area contributed by atoms with Crippen molar-refractivity contribution in [2.24, 2.45) is 0 Å². The van der Waals surface area contributed by atoms with Crippen molar-refractivity contribution in [2.45, 2.75) is 62.2 Å². The van der Waals surface area contributed by atoms with Gasteiger partial charge in [0.2, 0.25) is 5.95 Å². The molecule has 2 aliphatic rings. The van der Waals surface area contributed by atoms with Crippen molar-refractivity contribution >= 4 is 32.8 Å². The number of nitrogens with one attached hydrogen (secondary N) is 1. The van der Waals surface area contributed by atoms with Gasteiger partial charge in [0.25, 0.3) is 5.56 Å². The first-order valence-electron chi connectivity index (χ1n) is 10.7. The van der Waals surface area contributed by atoms with E-state index in [1.807, 2.05) is 0 Å². The van der Waals surface area contributed by atoms with Gasteiger partial charge in [-0.2, -0.15) is 9.29 Å². The Morgan fingerprint density at radius 2 is 1.74 bits per heavy atom. The van der Waals surface area contributed by atoms with E-state index in [0.717, 1.165) is 10.9 Å². The molecule has 2 unspecified atom stereocenters. The number of phosphoric ester groups is 2. The number of aliphatic hydroxyl groups excluding tert-OH is 5. The standard InChI is InChI=1S/C16H25N5O15P2/c1-4-7(22)9(24)11(26)15(33-4)35-38(30,31)36-37(28,29)32-2-5-8(23)10(25)14(34-5)21-3-18-6-12(21)19-16(17)20-13(6)27/h3-5,7-11,14-15,22-26H,2H2,1H3,(H,28,29)(H,30,31)(H3,17,19,20,27)/t4-,5+,7+,8+,9+,10+,11-,14+,15-/m0/s1. The molecule has 10 N–H and O–H groups in total. The van der Waals surface area contributed by atoms with Crippen LogP contribution >= 0.6 is 15.6 Å².